The van der Waals surface area contributed by atoms with Crippen molar-refractivity contribution in [1.82, 2.24) is 10.2 Å². The molecule has 0 spiro atoms. The van der Waals surface area contributed by atoms with Gasteiger partial charge >= 0.3 is 0 Å². The minimum Gasteiger partial charge on any atom is -0.349 e. The van der Waals surface area contributed by atoms with Crippen LogP contribution in [0.5, 0.6) is 0 Å². The molecule has 0 radical (unpaired) electrons. The molecule has 1 aliphatic heterocycles. The Morgan fingerprint density at radius 3 is 2.66 bits per heavy atom. The number of nitrogens with zero attached hydrogens (tertiary/aromatic N) is 1. The van der Waals surface area contributed by atoms with Crippen molar-refractivity contribution in [3.05, 3.63) is 70.5 Å². The Kier molecular flexibility index (Phi) is 6.29. The van der Waals surface area contributed by atoms with Gasteiger partial charge in [-0.3, -0.25) is 9.69 Å². The Balaban J connectivity index is 1.34. The van der Waals surface area contributed by atoms with Crippen LogP contribution in [0.2, 0.25) is 0 Å². The molecule has 0 bridgehead atoms. The third kappa shape index (κ3) is 5.05. The van der Waals surface area contributed by atoms with Crippen LogP contribution in [0.4, 0.5) is 4.39 Å². The molecule has 1 heterocycles. The first-order valence-electron chi connectivity index (χ1n) is 11.0. The van der Waals surface area contributed by atoms with E-state index in [1.165, 1.54) is 48.1 Å². The Morgan fingerprint density at radius 2 is 1.86 bits per heavy atom. The van der Waals surface area contributed by atoms with Crippen molar-refractivity contribution in [2.75, 3.05) is 13.1 Å². The molecule has 1 saturated heterocycles. The highest BCUT2D eigenvalue weighted by Crippen LogP contribution is 2.26. The number of carbonyl (C=O) groups excluding carboxylic acids is 1. The molecule has 29 heavy (non-hydrogen) atoms. The molecule has 0 unspecified atom stereocenters. The van der Waals surface area contributed by atoms with Crippen LogP contribution < -0.4 is 5.32 Å². The number of nitrogens with one attached hydrogen (secondary N) is 1. The van der Waals surface area contributed by atoms with E-state index >= 15 is 0 Å². The molecule has 1 fully saturated rings. The molecule has 3 nitrogen and oxygen atoms in total. The fraction of sp³-hybridized carbons (Fsp3) is 0.480. The summed E-state index contributed by atoms with van der Waals surface area (Å²) in [4.78, 5) is 15.2. The molecule has 0 saturated carbocycles. The van der Waals surface area contributed by atoms with Gasteiger partial charge in [0.25, 0.3) is 0 Å². The van der Waals surface area contributed by atoms with Gasteiger partial charge in [-0.15, -0.1) is 0 Å². The summed E-state index contributed by atoms with van der Waals surface area (Å²) in [6.45, 7) is 4.60. The van der Waals surface area contributed by atoms with E-state index in [1.54, 1.807) is 0 Å². The molecule has 2 aliphatic rings. The number of hydrogen-bond acceptors (Lipinski definition) is 2. The fourth-order valence-corrected chi connectivity index (χ4v) is 4.70. The van der Waals surface area contributed by atoms with Gasteiger partial charge in [-0.1, -0.05) is 30.3 Å². The molecular formula is C25H31FN2O. The average Bonchev–Trinajstić information content (AvgIpc) is 2.75. The van der Waals surface area contributed by atoms with Crippen molar-refractivity contribution in [3.63, 3.8) is 0 Å². The normalized spacial score (nSPS) is 20.7. The maximum absolute atomic E-state index is 13.1. The third-order valence-electron chi connectivity index (χ3n) is 6.43. The molecule has 1 aliphatic carbocycles. The van der Waals surface area contributed by atoms with Crippen molar-refractivity contribution in [2.24, 2.45) is 5.92 Å². The molecule has 154 valence electrons. The lowest BCUT2D eigenvalue weighted by molar-refractivity contribution is -0.127. The van der Waals surface area contributed by atoms with Gasteiger partial charge in [-0.25, -0.2) is 4.39 Å². The summed E-state index contributed by atoms with van der Waals surface area (Å²) in [7, 11) is 0. The standard InChI is InChI=1S/C25H31FN2O/c1-18(21-11-10-20-5-2-3-6-22(20)15-21)27-25(29)23-7-4-14-28(17-23)16-19-8-12-24(26)13-9-19/h8-13,15,18,23H,2-7,14,16-17H2,1H3,(H,27,29)/t18-,23-/m1/s1. The van der Waals surface area contributed by atoms with E-state index < -0.39 is 0 Å². The lowest BCUT2D eigenvalue weighted by Crippen LogP contribution is -2.43. The molecular weight excluding hydrogens is 363 g/mol. The minimum atomic E-state index is -0.208. The van der Waals surface area contributed by atoms with Crippen molar-refractivity contribution in [1.29, 1.82) is 0 Å². The van der Waals surface area contributed by atoms with Crippen LogP contribution in [0.15, 0.2) is 42.5 Å². The Bertz CT molecular complexity index is 848. The zero-order valence-corrected chi connectivity index (χ0v) is 17.3. The maximum Gasteiger partial charge on any atom is 0.224 e. The van der Waals surface area contributed by atoms with Crippen molar-refractivity contribution in [3.8, 4) is 0 Å². The van der Waals surface area contributed by atoms with Crippen molar-refractivity contribution in [2.45, 2.75) is 58.0 Å². The number of carbonyl (C=O) groups is 1. The summed E-state index contributed by atoms with van der Waals surface area (Å²) in [5.41, 5.74) is 5.23. The topological polar surface area (TPSA) is 32.3 Å². The van der Waals surface area contributed by atoms with Crippen LogP contribution >= 0.6 is 0 Å². The van der Waals surface area contributed by atoms with Gasteiger partial charge in [0.2, 0.25) is 5.91 Å². The lowest BCUT2D eigenvalue weighted by Gasteiger charge is -2.32. The van der Waals surface area contributed by atoms with Gasteiger partial charge in [0.1, 0.15) is 5.82 Å². The molecule has 1 N–H and O–H groups in total. The molecule has 4 rings (SSSR count). The first kappa shape index (κ1) is 20.1. The van der Waals surface area contributed by atoms with Crippen LogP contribution in [0.1, 0.15) is 60.9 Å². The summed E-state index contributed by atoms with van der Waals surface area (Å²) in [5, 5.41) is 3.25. The Labute approximate surface area is 173 Å². The fourth-order valence-electron chi connectivity index (χ4n) is 4.70. The van der Waals surface area contributed by atoms with Gasteiger partial charge < -0.3 is 5.32 Å². The smallest absolute Gasteiger partial charge is 0.224 e. The van der Waals surface area contributed by atoms with Crippen molar-refractivity contribution < 1.29 is 9.18 Å². The highest BCUT2D eigenvalue weighted by atomic mass is 19.1. The van der Waals surface area contributed by atoms with Gasteiger partial charge in [-0.2, -0.15) is 0 Å². The van der Waals surface area contributed by atoms with E-state index in [4.69, 9.17) is 0 Å². The number of fused-ring (bicyclic) bond motifs is 1. The summed E-state index contributed by atoms with van der Waals surface area (Å²) < 4.78 is 13.1. The van der Waals surface area contributed by atoms with E-state index in [-0.39, 0.29) is 23.7 Å². The quantitative estimate of drug-likeness (QED) is 0.790. The highest BCUT2D eigenvalue weighted by molar-refractivity contribution is 5.79. The van der Waals surface area contributed by atoms with E-state index in [9.17, 15) is 9.18 Å². The molecule has 2 aromatic carbocycles. The largest absolute Gasteiger partial charge is 0.349 e. The minimum absolute atomic E-state index is 0.0178. The van der Waals surface area contributed by atoms with Gasteiger partial charge in [0, 0.05) is 13.1 Å². The zero-order chi connectivity index (χ0) is 20.2. The maximum atomic E-state index is 13.1. The molecule has 2 atom stereocenters. The first-order chi connectivity index (χ1) is 14.1. The molecule has 2 aromatic rings. The number of likely N-dealkylation sites (tertiary alicyclic amines) is 1. The van der Waals surface area contributed by atoms with Crippen LogP contribution in [0.3, 0.4) is 0 Å². The number of amides is 1. The van der Waals surface area contributed by atoms with Gasteiger partial charge in [0.05, 0.1) is 12.0 Å². The average molecular weight is 395 g/mol. The van der Waals surface area contributed by atoms with E-state index in [0.717, 1.165) is 44.5 Å². The van der Waals surface area contributed by atoms with Crippen LogP contribution in [-0.2, 0) is 24.2 Å². The van der Waals surface area contributed by atoms with Crippen LogP contribution in [-0.4, -0.2) is 23.9 Å². The number of benzene rings is 2. The van der Waals surface area contributed by atoms with E-state index in [1.807, 2.05) is 12.1 Å². The highest BCUT2D eigenvalue weighted by Gasteiger charge is 2.27. The second-order valence-electron chi connectivity index (χ2n) is 8.67. The second-order valence-corrected chi connectivity index (χ2v) is 8.67. The Morgan fingerprint density at radius 1 is 1.10 bits per heavy atom. The van der Waals surface area contributed by atoms with Gasteiger partial charge in [0.15, 0.2) is 0 Å². The predicted molar refractivity (Wildman–Crippen MR) is 114 cm³/mol. The number of halogens is 1. The zero-order valence-electron chi connectivity index (χ0n) is 17.3. The van der Waals surface area contributed by atoms with Crippen LogP contribution in [0.25, 0.3) is 0 Å². The van der Waals surface area contributed by atoms with Crippen LogP contribution in [0, 0.1) is 11.7 Å². The summed E-state index contributed by atoms with van der Waals surface area (Å²) in [6.07, 6.45) is 6.85. The number of hydrogen-bond donors (Lipinski definition) is 1. The van der Waals surface area contributed by atoms with Gasteiger partial charge in [-0.05, 0) is 86.4 Å². The number of rotatable bonds is 5. The summed E-state index contributed by atoms with van der Waals surface area (Å²) >= 11 is 0. The molecule has 1 amide bonds. The van der Waals surface area contributed by atoms with Crippen molar-refractivity contribution >= 4 is 5.91 Å². The Hall–Kier alpha value is -2.20. The molecule has 4 heteroatoms. The predicted octanol–water partition coefficient (Wildman–Crippen LogP) is 4.79. The summed E-state index contributed by atoms with van der Waals surface area (Å²) in [6, 6.07) is 13.4. The SMILES string of the molecule is C[C@@H](NC(=O)[C@@H]1CCCN(Cc2ccc(F)cc2)C1)c1ccc2c(c1)CCCC2. The molecule has 0 aromatic heterocycles. The monoisotopic (exact) mass is 394 g/mol. The number of aryl methyl sites for hydroxylation is 2. The second kappa shape index (κ2) is 9.08. The number of piperidine rings is 1. The first-order valence-corrected chi connectivity index (χ1v) is 11.0. The summed E-state index contributed by atoms with van der Waals surface area (Å²) in [5.74, 6) is -0.0379. The third-order valence-corrected chi connectivity index (χ3v) is 6.43. The van der Waals surface area contributed by atoms with E-state index in [2.05, 4.69) is 35.3 Å². The van der Waals surface area contributed by atoms with E-state index in [0.29, 0.717) is 0 Å². The lowest BCUT2D eigenvalue weighted by atomic mass is 9.89.